The highest BCUT2D eigenvalue weighted by Gasteiger charge is 2.19. The van der Waals surface area contributed by atoms with E-state index < -0.39 is 18.0 Å². The predicted molar refractivity (Wildman–Crippen MR) is 157 cm³/mol. The van der Waals surface area contributed by atoms with Crippen molar-refractivity contribution in [1.82, 2.24) is 4.90 Å². The molecule has 0 rings (SSSR count). The van der Waals surface area contributed by atoms with Gasteiger partial charge in [0, 0.05) is 12.0 Å². The van der Waals surface area contributed by atoms with E-state index in [1.165, 1.54) is 128 Å². The molecule has 0 fully saturated rings. The van der Waals surface area contributed by atoms with Crippen molar-refractivity contribution in [1.29, 1.82) is 0 Å². The van der Waals surface area contributed by atoms with E-state index in [4.69, 9.17) is 0 Å². The molecule has 0 aliphatic rings. The van der Waals surface area contributed by atoms with Crippen LogP contribution in [-0.2, 0) is 9.59 Å². The molecule has 5 nitrogen and oxygen atoms in total. The number of carboxylic acid groups (broad SMARTS) is 2. The van der Waals surface area contributed by atoms with Gasteiger partial charge in [0.15, 0.2) is 0 Å². The zero-order valence-electron chi connectivity index (χ0n) is 25.5. The molecule has 1 unspecified atom stereocenters. The normalized spacial score (nSPS) is 12.3. The van der Waals surface area contributed by atoms with Crippen molar-refractivity contribution >= 4 is 11.9 Å². The molecule has 0 aliphatic heterocycles. The lowest BCUT2D eigenvalue weighted by Crippen LogP contribution is -2.49. The van der Waals surface area contributed by atoms with E-state index in [0.29, 0.717) is 13.1 Å². The average Bonchev–Trinajstić information content (AvgIpc) is 2.89. The standard InChI is InChI=1S/C33H65NO4/c1-3-5-7-9-11-13-15-17-19-21-23-25-29-34(31(33(37)38)27-28-32(35)36)30-26-24-22-20-18-16-14-12-10-8-6-4-2/h31H,3-30H2,1-2H3,(H,35,36)(H,37,38)/p-2. The Hall–Kier alpha value is -1.10. The van der Waals surface area contributed by atoms with Crippen molar-refractivity contribution in [2.24, 2.45) is 0 Å². The van der Waals surface area contributed by atoms with E-state index >= 15 is 0 Å². The van der Waals surface area contributed by atoms with Gasteiger partial charge < -0.3 is 19.8 Å². The highest BCUT2D eigenvalue weighted by Crippen LogP contribution is 2.16. The molecule has 0 saturated carbocycles. The summed E-state index contributed by atoms with van der Waals surface area (Å²) in [5.74, 6) is -2.34. The van der Waals surface area contributed by atoms with Gasteiger partial charge in [0.2, 0.25) is 0 Å². The molecule has 0 aromatic heterocycles. The maximum atomic E-state index is 11.8. The van der Waals surface area contributed by atoms with Crippen LogP contribution < -0.4 is 10.2 Å². The lowest BCUT2D eigenvalue weighted by Gasteiger charge is -2.33. The summed E-state index contributed by atoms with van der Waals surface area (Å²) in [4.78, 5) is 24.8. The van der Waals surface area contributed by atoms with E-state index in [2.05, 4.69) is 13.8 Å². The van der Waals surface area contributed by atoms with Crippen molar-refractivity contribution in [2.45, 2.75) is 187 Å². The Labute approximate surface area is 236 Å². The van der Waals surface area contributed by atoms with Gasteiger partial charge in [0.25, 0.3) is 0 Å². The van der Waals surface area contributed by atoms with Crippen LogP contribution in [0.4, 0.5) is 0 Å². The second kappa shape index (κ2) is 28.9. The number of aliphatic carboxylic acids is 2. The van der Waals surface area contributed by atoms with Crippen LogP contribution in [0.3, 0.4) is 0 Å². The molecule has 0 spiro atoms. The minimum absolute atomic E-state index is 0.0706. The molecule has 0 bridgehead atoms. The zero-order chi connectivity index (χ0) is 28.1. The Morgan fingerprint density at radius 3 is 1.05 bits per heavy atom. The molecule has 5 heteroatoms. The first-order valence-corrected chi connectivity index (χ1v) is 16.7. The number of hydrogen-bond donors (Lipinski definition) is 0. The van der Waals surface area contributed by atoms with Crippen molar-refractivity contribution in [3.63, 3.8) is 0 Å². The van der Waals surface area contributed by atoms with Crippen LogP contribution in [0.1, 0.15) is 181 Å². The molecule has 0 radical (unpaired) electrons. The summed E-state index contributed by atoms with van der Waals surface area (Å²) >= 11 is 0. The molecule has 0 aromatic rings. The molecule has 0 aromatic carbocycles. The van der Waals surface area contributed by atoms with Crippen LogP contribution in [-0.4, -0.2) is 36.0 Å². The third kappa shape index (κ3) is 25.2. The summed E-state index contributed by atoms with van der Waals surface area (Å²) in [6, 6.07) is -0.826. The van der Waals surface area contributed by atoms with E-state index in [1.54, 1.807) is 0 Å². The van der Waals surface area contributed by atoms with Gasteiger partial charge in [-0.2, -0.15) is 0 Å². The molecule has 0 aliphatic carbocycles. The smallest absolute Gasteiger partial charge is 0.0586 e. The summed E-state index contributed by atoms with van der Waals surface area (Å²) in [5.41, 5.74) is 0. The van der Waals surface area contributed by atoms with Gasteiger partial charge in [0.1, 0.15) is 0 Å². The lowest BCUT2D eigenvalue weighted by molar-refractivity contribution is -0.313. The Kier molecular flexibility index (Phi) is 28.1. The second-order valence-electron chi connectivity index (χ2n) is 11.6. The quantitative estimate of drug-likeness (QED) is 0.0864. The molecule has 0 saturated heterocycles. The predicted octanol–water partition coefficient (Wildman–Crippen LogP) is 7.34. The van der Waals surface area contributed by atoms with Crippen LogP contribution in [0.15, 0.2) is 0 Å². The third-order valence-corrected chi connectivity index (χ3v) is 7.93. The third-order valence-electron chi connectivity index (χ3n) is 7.93. The number of carboxylic acids is 2. The Balaban J connectivity index is 4.13. The van der Waals surface area contributed by atoms with E-state index in [9.17, 15) is 19.8 Å². The van der Waals surface area contributed by atoms with Crippen molar-refractivity contribution in [3.05, 3.63) is 0 Å². The summed E-state index contributed by atoms with van der Waals surface area (Å²) in [6.45, 7) is 5.93. The van der Waals surface area contributed by atoms with Crippen LogP contribution in [0.2, 0.25) is 0 Å². The van der Waals surface area contributed by atoms with Gasteiger partial charge in [-0.15, -0.1) is 0 Å². The molecular weight excluding hydrogens is 474 g/mol. The summed E-state index contributed by atoms with van der Waals surface area (Å²) in [6.07, 6.45) is 30.4. The molecule has 0 N–H and O–H groups in total. The fraction of sp³-hybridized carbons (Fsp3) is 0.939. The number of unbranched alkanes of at least 4 members (excludes halogenated alkanes) is 22. The number of rotatable bonds is 31. The summed E-state index contributed by atoms with van der Waals surface area (Å²) < 4.78 is 0. The molecule has 1 atom stereocenters. The largest absolute Gasteiger partial charge is 0.550 e. The van der Waals surface area contributed by atoms with Gasteiger partial charge in [-0.05, 0) is 38.8 Å². The highest BCUT2D eigenvalue weighted by molar-refractivity contribution is 5.72. The first kappa shape index (κ1) is 36.9. The van der Waals surface area contributed by atoms with Gasteiger partial charge in [-0.3, -0.25) is 4.90 Å². The number of carbonyl (C=O) groups is 2. The van der Waals surface area contributed by atoms with Crippen LogP contribution in [0.25, 0.3) is 0 Å². The average molecular weight is 538 g/mol. The van der Waals surface area contributed by atoms with E-state index in [-0.39, 0.29) is 12.8 Å². The fourth-order valence-corrected chi connectivity index (χ4v) is 5.44. The Morgan fingerprint density at radius 1 is 0.500 bits per heavy atom. The van der Waals surface area contributed by atoms with Crippen molar-refractivity contribution in [3.8, 4) is 0 Å². The maximum absolute atomic E-state index is 11.8. The molecule has 0 amide bonds. The highest BCUT2D eigenvalue weighted by atomic mass is 16.4. The van der Waals surface area contributed by atoms with Crippen LogP contribution >= 0.6 is 0 Å². The van der Waals surface area contributed by atoms with Gasteiger partial charge in [-0.25, -0.2) is 0 Å². The summed E-state index contributed by atoms with van der Waals surface area (Å²) in [7, 11) is 0. The van der Waals surface area contributed by atoms with Crippen LogP contribution in [0, 0.1) is 0 Å². The van der Waals surface area contributed by atoms with Crippen molar-refractivity contribution < 1.29 is 19.8 Å². The molecule has 226 valence electrons. The monoisotopic (exact) mass is 537 g/mol. The Morgan fingerprint density at radius 2 is 0.789 bits per heavy atom. The van der Waals surface area contributed by atoms with Gasteiger partial charge >= 0.3 is 0 Å². The molecule has 0 heterocycles. The van der Waals surface area contributed by atoms with E-state index in [0.717, 1.165) is 25.7 Å². The van der Waals surface area contributed by atoms with Gasteiger partial charge in [0.05, 0.1) is 5.97 Å². The fourth-order valence-electron chi connectivity index (χ4n) is 5.44. The minimum Gasteiger partial charge on any atom is -0.550 e. The zero-order valence-corrected chi connectivity index (χ0v) is 25.5. The molecule has 38 heavy (non-hydrogen) atoms. The topological polar surface area (TPSA) is 83.5 Å². The number of carbonyl (C=O) groups excluding carboxylic acids is 2. The van der Waals surface area contributed by atoms with Gasteiger partial charge in [-0.1, -0.05) is 155 Å². The SMILES string of the molecule is CCCCCCCCCCCCCCN(CCCCCCCCCCCCCC)C(CCC(=O)[O-])C(=O)[O-]. The lowest BCUT2D eigenvalue weighted by atomic mass is 10.0. The first-order valence-electron chi connectivity index (χ1n) is 16.7. The van der Waals surface area contributed by atoms with Crippen LogP contribution in [0.5, 0.6) is 0 Å². The van der Waals surface area contributed by atoms with E-state index in [1.807, 2.05) is 4.90 Å². The molecular formula is C33H63NO4-2. The number of hydrogen-bond acceptors (Lipinski definition) is 5. The summed E-state index contributed by atoms with van der Waals surface area (Å²) in [5, 5.41) is 22.8. The second-order valence-corrected chi connectivity index (χ2v) is 11.6. The van der Waals surface area contributed by atoms with Crippen molar-refractivity contribution in [2.75, 3.05) is 13.1 Å². The Bertz CT molecular complexity index is 497. The number of nitrogens with zero attached hydrogens (tertiary/aromatic N) is 1. The first-order chi connectivity index (χ1) is 18.5. The minimum atomic E-state index is -1.19. The maximum Gasteiger partial charge on any atom is 0.0586 e.